The minimum absolute atomic E-state index is 0.176. The SMILES string of the molecule is Cc1cc(Cl)ccc1OCCCC(=O)OC(C)C(=O)Nc1ccccc1. The number of anilines is 1. The normalized spacial score (nSPS) is 11.5. The summed E-state index contributed by atoms with van der Waals surface area (Å²) in [6.45, 7) is 3.83. The van der Waals surface area contributed by atoms with E-state index in [4.69, 9.17) is 21.1 Å². The summed E-state index contributed by atoms with van der Waals surface area (Å²) in [7, 11) is 0. The molecule has 1 unspecified atom stereocenters. The highest BCUT2D eigenvalue weighted by molar-refractivity contribution is 6.30. The van der Waals surface area contributed by atoms with Gasteiger partial charge in [0.15, 0.2) is 6.10 Å². The Bertz CT molecular complexity index is 749. The molecule has 2 aromatic rings. The molecule has 0 saturated carbocycles. The van der Waals surface area contributed by atoms with Gasteiger partial charge in [0, 0.05) is 17.1 Å². The van der Waals surface area contributed by atoms with Crippen molar-refractivity contribution in [3.05, 3.63) is 59.1 Å². The third-order valence-electron chi connectivity index (χ3n) is 3.64. The van der Waals surface area contributed by atoms with Crippen LogP contribution in [0.2, 0.25) is 5.02 Å². The monoisotopic (exact) mass is 375 g/mol. The van der Waals surface area contributed by atoms with E-state index in [2.05, 4.69) is 5.32 Å². The quantitative estimate of drug-likeness (QED) is 0.549. The van der Waals surface area contributed by atoms with E-state index in [-0.39, 0.29) is 12.3 Å². The predicted octanol–water partition coefficient (Wildman–Crippen LogP) is 4.38. The van der Waals surface area contributed by atoms with Crippen LogP contribution in [0.4, 0.5) is 5.69 Å². The number of rotatable bonds is 8. The second-order valence-corrected chi connectivity index (χ2v) is 6.29. The number of benzene rings is 2. The zero-order valence-corrected chi connectivity index (χ0v) is 15.6. The summed E-state index contributed by atoms with van der Waals surface area (Å²) in [5.74, 6) is -0.0619. The number of amides is 1. The molecular weight excluding hydrogens is 354 g/mol. The molecule has 5 nitrogen and oxygen atoms in total. The van der Waals surface area contributed by atoms with Crippen LogP contribution in [0, 0.1) is 6.92 Å². The van der Waals surface area contributed by atoms with Crippen LogP contribution < -0.4 is 10.1 Å². The molecule has 0 aliphatic heterocycles. The average molecular weight is 376 g/mol. The maximum absolute atomic E-state index is 12.0. The average Bonchev–Trinajstić information content (AvgIpc) is 2.61. The van der Waals surface area contributed by atoms with Gasteiger partial charge < -0.3 is 14.8 Å². The number of esters is 1. The largest absolute Gasteiger partial charge is 0.493 e. The van der Waals surface area contributed by atoms with Crippen LogP contribution in [0.5, 0.6) is 5.75 Å². The van der Waals surface area contributed by atoms with Gasteiger partial charge in [0.25, 0.3) is 5.91 Å². The van der Waals surface area contributed by atoms with Crippen molar-refractivity contribution >= 4 is 29.2 Å². The summed E-state index contributed by atoms with van der Waals surface area (Å²) in [5, 5.41) is 3.35. The van der Waals surface area contributed by atoms with Gasteiger partial charge in [0.2, 0.25) is 0 Å². The second kappa shape index (κ2) is 9.82. The maximum atomic E-state index is 12.0. The number of aryl methyl sites for hydroxylation is 1. The molecule has 0 bridgehead atoms. The van der Waals surface area contributed by atoms with Crippen molar-refractivity contribution < 1.29 is 19.1 Å². The molecule has 1 atom stereocenters. The predicted molar refractivity (Wildman–Crippen MR) is 102 cm³/mol. The van der Waals surface area contributed by atoms with Crippen LogP contribution in [0.1, 0.15) is 25.3 Å². The first-order valence-corrected chi connectivity index (χ1v) is 8.78. The highest BCUT2D eigenvalue weighted by Gasteiger charge is 2.17. The van der Waals surface area contributed by atoms with Gasteiger partial charge in [-0.3, -0.25) is 9.59 Å². The minimum Gasteiger partial charge on any atom is -0.493 e. The lowest BCUT2D eigenvalue weighted by molar-refractivity contribution is -0.153. The van der Waals surface area contributed by atoms with Gasteiger partial charge >= 0.3 is 5.97 Å². The molecule has 0 aliphatic rings. The van der Waals surface area contributed by atoms with Crippen molar-refractivity contribution in [2.75, 3.05) is 11.9 Å². The van der Waals surface area contributed by atoms with Crippen LogP contribution in [0.15, 0.2) is 48.5 Å². The molecule has 1 N–H and O–H groups in total. The number of hydrogen-bond acceptors (Lipinski definition) is 4. The number of para-hydroxylation sites is 1. The Morgan fingerprint density at radius 3 is 2.58 bits per heavy atom. The van der Waals surface area contributed by atoms with E-state index in [1.54, 1.807) is 31.2 Å². The van der Waals surface area contributed by atoms with Gasteiger partial charge in [-0.05, 0) is 56.2 Å². The Hall–Kier alpha value is -2.53. The number of carbonyl (C=O) groups is 2. The van der Waals surface area contributed by atoms with Crippen molar-refractivity contribution in [3.63, 3.8) is 0 Å². The third-order valence-corrected chi connectivity index (χ3v) is 3.87. The van der Waals surface area contributed by atoms with E-state index < -0.39 is 12.1 Å². The molecule has 0 saturated heterocycles. The highest BCUT2D eigenvalue weighted by Crippen LogP contribution is 2.22. The van der Waals surface area contributed by atoms with Crippen LogP contribution in [0.25, 0.3) is 0 Å². The lowest BCUT2D eigenvalue weighted by atomic mass is 10.2. The lowest BCUT2D eigenvalue weighted by Crippen LogP contribution is -2.30. The molecule has 0 fully saturated rings. The Morgan fingerprint density at radius 2 is 1.88 bits per heavy atom. The fourth-order valence-corrected chi connectivity index (χ4v) is 2.48. The van der Waals surface area contributed by atoms with Gasteiger partial charge in [0.05, 0.1) is 6.61 Å². The van der Waals surface area contributed by atoms with E-state index in [9.17, 15) is 9.59 Å². The van der Waals surface area contributed by atoms with Gasteiger partial charge in [-0.25, -0.2) is 0 Å². The van der Waals surface area contributed by atoms with Gasteiger partial charge in [-0.1, -0.05) is 29.8 Å². The van der Waals surface area contributed by atoms with E-state index in [0.29, 0.717) is 23.7 Å². The third kappa shape index (κ3) is 6.41. The molecule has 0 heterocycles. The van der Waals surface area contributed by atoms with E-state index in [0.717, 1.165) is 11.3 Å². The molecule has 1 amide bonds. The molecule has 6 heteroatoms. The summed E-state index contributed by atoms with van der Waals surface area (Å²) in [5.41, 5.74) is 1.60. The van der Waals surface area contributed by atoms with E-state index >= 15 is 0 Å². The van der Waals surface area contributed by atoms with Gasteiger partial charge in [-0.2, -0.15) is 0 Å². The van der Waals surface area contributed by atoms with E-state index in [1.807, 2.05) is 31.2 Å². The topological polar surface area (TPSA) is 64.6 Å². The first-order chi connectivity index (χ1) is 12.5. The standard InChI is InChI=1S/C20H22ClNO4/c1-14-13-16(21)10-11-18(14)25-12-6-9-19(23)26-15(2)20(24)22-17-7-4-3-5-8-17/h3-5,7-8,10-11,13,15H,6,9,12H2,1-2H3,(H,22,24). The second-order valence-electron chi connectivity index (χ2n) is 5.85. The Balaban J connectivity index is 1.68. The highest BCUT2D eigenvalue weighted by atomic mass is 35.5. The first-order valence-electron chi connectivity index (χ1n) is 8.40. The fourth-order valence-electron chi connectivity index (χ4n) is 2.25. The number of carbonyl (C=O) groups excluding carboxylic acids is 2. The molecule has 0 aliphatic carbocycles. The first kappa shape index (κ1) is 19.8. The molecule has 0 radical (unpaired) electrons. The molecular formula is C20H22ClNO4. The van der Waals surface area contributed by atoms with Gasteiger partial charge in [0.1, 0.15) is 5.75 Å². The molecule has 2 rings (SSSR count). The Labute approximate surface area is 158 Å². The van der Waals surface area contributed by atoms with Crippen LogP contribution >= 0.6 is 11.6 Å². The molecule has 26 heavy (non-hydrogen) atoms. The Kier molecular flexibility index (Phi) is 7.48. The summed E-state index contributed by atoms with van der Waals surface area (Å²) >= 11 is 5.90. The minimum atomic E-state index is -0.859. The number of ether oxygens (including phenoxy) is 2. The van der Waals surface area contributed by atoms with Crippen LogP contribution in [-0.2, 0) is 14.3 Å². The maximum Gasteiger partial charge on any atom is 0.306 e. The molecule has 138 valence electrons. The molecule has 2 aromatic carbocycles. The zero-order chi connectivity index (χ0) is 18.9. The molecule has 0 aromatic heterocycles. The van der Waals surface area contributed by atoms with Crippen LogP contribution in [0.3, 0.4) is 0 Å². The van der Waals surface area contributed by atoms with Crippen molar-refractivity contribution in [2.45, 2.75) is 32.8 Å². The van der Waals surface area contributed by atoms with Gasteiger partial charge in [-0.15, -0.1) is 0 Å². The smallest absolute Gasteiger partial charge is 0.306 e. The van der Waals surface area contributed by atoms with Crippen molar-refractivity contribution in [2.24, 2.45) is 0 Å². The summed E-state index contributed by atoms with van der Waals surface area (Å²) in [4.78, 5) is 23.9. The zero-order valence-electron chi connectivity index (χ0n) is 14.8. The Morgan fingerprint density at radius 1 is 1.15 bits per heavy atom. The number of hydrogen-bond donors (Lipinski definition) is 1. The summed E-state index contributed by atoms with van der Waals surface area (Å²) < 4.78 is 10.8. The fraction of sp³-hybridized carbons (Fsp3) is 0.300. The van der Waals surface area contributed by atoms with E-state index in [1.165, 1.54) is 0 Å². The summed E-state index contributed by atoms with van der Waals surface area (Å²) in [6, 6.07) is 14.4. The van der Waals surface area contributed by atoms with Crippen LogP contribution in [-0.4, -0.2) is 24.6 Å². The number of halogens is 1. The van der Waals surface area contributed by atoms with Crippen molar-refractivity contribution in [3.8, 4) is 5.75 Å². The van der Waals surface area contributed by atoms with Crippen molar-refractivity contribution in [1.29, 1.82) is 0 Å². The summed E-state index contributed by atoms with van der Waals surface area (Å²) in [6.07, 6.45) is -0.189. The molecule has 0 spiro atoms. The lowest BCUT2D eigenvalue weighted by Gasteiger charge is -2.14. The number of nitrogens with one attached hydrogen (secondary N) is 1. The van der Waals surface area contributed by atoms with Crippen molar-refractivity contribution in [1.82, 2.24) is 0 Å².